The molecular weight excluding hydrogens is 380 g/mol. The molecule has 13 heteroatoms. The lowest BCUT2D eigenvalue weighted by Crippen LogP contribution is -2.67. The van der Waals surface area contributed by atoms with Gasteiger partial charge in [-0.25, -0.2) is 0 Å². The van der Waals surface area contributed by atoms with Crippen molar-refractivity contribution in [1.82, 2.24) is 4.90 Å². The van der Waals surface area contributed by atoms with Crippen molar-refractivity contribution in [1.29, 1.82) is 0 Å². The molecule has 0 saturated heterocycles. The topological polar surface area (TPSA) is 21.7 Å². The van der Waals surface area contributed by atoms with Crippen LogP contribution in [0.3, 0.4) is 0 Å². The predicted molar refractivity (Wildman–Crippen MR) is 64.9 cm³/mol. The molecule has 0 aliphatic rings. The van der Waals surface area contributed by atoms with Crippen molar-refractivity contribution in [2.24, 2.45) is 0 Å². The summed E-state index contributed by atoms with van der Waals surface area (Å²) in [5.74, 6) is -6.23. The number of hydrogen-bond donors (Lipinski definition) is 0. The monoisotopic (exact) mass is 395 g/mol. The van der Waals surface area contributed by atoms with Gasteiger partial charge in [0.1, 0.15) is 0 Å². The molecule has 150 valence electrons. The van der Waals surface area contributed by atoms with E-state index in [0.29, 0.717) is 0 Å². The van der Waals surface area contributed by atoms with Crippen molar-refractivity contribution < 1.29 is 53.4 Å². The second-order valence-corrected chi connectivity index (χ2v) is 5.16. The summed E-state index contributed by atoms with van der Waals surface area (Å²) in [6.45, 7) is -0.211. The highest BCUT2D eigenvalue weighted by Gasteiger charge is 2.81. The molecule has 0 rings (SSSR count). The SMILES string of the molecule is COC(CCCN(C)C)(C(F)(F)F)C(F)(F)C(F)(F)OC(F)=C(F)F. The summed E-state index contributed by atoms with van der Waals surface area (Å²) in [4.78, 5) is 1.28. The molecule has 0 aliphatic carbocycles. The zero-order valence-corrected chi connectivity index (χ0v) is 13.2. The third kappa shape index (κ3) is 4.90. The Labute approximate surface area is 136 Å². The summed E-state index contributed by atoms with van der Waals surface area (Å²) in [5, 5.41) is 0. The fourth-order valence-electron chi connectivity index (χ4n) is 1.92. The summed E-state index contributed by atoms with van der Waals surface area (Å²) in [6.07, 6.45) is -18.2. The van der Waals surface area contributed by atoms with Gasteiger partial charge in [-0.15, -0.1) is 0 Å². The van der Waals surface area contributed by atoms with Crippen LogP contribution in [0.1, 0.15) is 12.8 Å². The molecule has 0 aromatic rings. The van der Waals surface area contributed by atoms with E-state index in [1.807, 2.05) is 0 Å². The van der Waals surface area contributed by atoms with Crippen molar-refractivity contribution in [2.45, 2.75) is 36.7 Å². The van der Waals surface area contributed by atoms with Crippen LogP contribution in [0.25, 0.3) is 0 Å². The zero-order valence-electron chi connectivity index (χ0n) is 13.2. The molecule has 0 aromatic heterocycles. The maximum absolute atomic E-state index is 14.0. The van der Waals surface area contributed by atoms with Gasteiger partial charge >= 0.3 is 30.3 Å². The Morgan fingerprint density at radius 3 is 1.72 bits per heavy atom. The van der Waals surface area contributed by atoms with Crippen molar-refractivity contribution in [3.05, 3.63) is 12.1 Å². The Morgan fingerprint density at radius 2 is 1.40 bits per heavy atom. The van der Waals surface area contributed by atoms with E-state index in [9.17, 15) is 43.9 Å². The molecule has 0 aromatic carbocycles. The van der Waals surface area contributed by atoms with Gasteiger partial charge < -0.3 is 14.4 Å². The van der Waals surface area contributed by atoms with Crippen molar-refractivity contribution >= 4 is 0 Å². The first-order valence-electron chi connectivity index (χ1n) is 6.47. The Balaban J connectivity index is 6.00. The lowest BCUT2D eigenvalue weighted by atomic mass is 9.87. The summed E-state index contributed by atoms with van der Waals surface area (Å²) in [7, 11) is 2.85. The van der Waals surface area contributed by atoms with Crippen LogP contribution in [0.15, 0.2) is 12.1 Å². The first-order chi connectivity index (χ1) is 11.1. The minimum atomic E-state index is -6.27. The molecule has 0 fully saturated rings. The summed E-state index contributed by atoms with van der Waals surface area (Å²) >= 11 is 0. The lowest BCUT2D eigenvalue weighted by molar-refractivity contribution is -0.431. The van der Waals surface area contributed by atoms with Crippen molar-refractivity contribution in [3.8, 4) is 0 Å². The molecule has 1 atom stereocenters. The first-order valence-corrected chi connectivity index (χ1v) is 6.47. The average Bonchev–Trinajstić information content (AvgIpc) is 2.40. The van der Waals surface area contributed by atoms with Gasteiger partial charge in [0.05, 0.1) is 0 Å². The van der Waals surface area contributed by atoms with E-state index >= 15 is 0 Å². The van der Waals surface area contributed by atoms with Crippen LogP contribution in [-0.2, 0) is 9.47 Å². The second kappa shape index (κ2) is 7.98. The van der Waals surface area contributed by atoms with Crippen LogP contribution in [0.2, 0.25) is 0 Å². The molecule has 0 heterocycles. The number of nitrogens with zero attached hydrogens (tertiary/aromatic N) is 1. The molecule has 0 N–H and O–H groups in total. The number of hydrogen-bond acceptors (Lipinski definition) is 3. The third-order valence-corrected chi connectivity index (χ3v) is 3.18. The van der Waals surface area contributed by atoms with Gasteiger partial charge in [0.15, 0.2) is 0 Å². The van der Waals surface area contributed by atoms with Gasteiger partial charge in [-0.2, -0.15) is 43.9 Å². The maximum Gasteiger partial charge on any atom is 0.469 e. The van der Waals surface area contributed by atoms with Crippen LogP contribution < -0.4 is 0 Å². The molecule has 25 heavy (non-hydrogen) atoms. The number of rotatable bonds is 9. The molecule has 0 bridgehead atoms. The average molecular weight is 395 g/mol. The van der Waals surface area contributed by atoms with Gasteiger partial charge in [-0.3, -0.25) is 0 Å². The van der Waals surface area contributed by atoms with Crippen LogP contribution >= 0.6 is 0 Å². The Morgan fingerprint density at radius 1 is 0.920 bits per heavy atom. The Kier molecular flexibility index (Phi) is 7.58. The Bertz CT molecular complexity index is 473. The van der Waals surface area contributed by atoms with E-state index in [0.717, 1.165) is 0 Å². The number of ether oxygens (including phenoxy) is 2. The molecule has 0 saturated carbocycles. The third-order valence-electron chi connectivity index (χ3n) is 3.18. The van der Waals surface area contributed by atoms with Gasteiger partial charge in [-0.05, 0) is 33.5 Å². The van der Waals surface area contributed by atoms with Gasteiger partial charge in [0.25, 0.3) is 0 Å². The number of alkyl halides is 7. The van der Waals surface area contributed by atoms with E-state index in [4.69, 9.17) is 0 Å². The molecule has 0 amide bonds. The largest absolute Gasteiger partial charge is 0.469 e. The van der Waals surface area contributed by atoms with Crippen LogP contribution in [0.5, 0.6) is 0 Å². The van der Waals surface area contributed by atoms with Crippen LogP contribution in [0.4, 0.5) is 43.9 Å². The lowest BCUT2D eigenvalue weighted by Gasteiger charge is -2.42. The van der Waals surface area contributed by atoms with Crippen LogP contribution in [0, 0.1) is 0 Å². The Hall–Kier alpha value is -1.24. The standard InChI is InChI=1S/C12H15F10NO2/c1-23(2)6-4-5-9(24-3,11(18,19)20)10(16,17)12(21,22)25-8(15)7(13)14/h4-6H2,1-3H3. The molecule has 3 nitrogen and oxygen atoms in total. The van der Waals surface area contributed by atoms with Gasteiger partial charge in [0.2, 0.25) is 5.60 Å². The smallest absolute Gasteiger partial charge is 0.398 e. The van der Waals surface area contributed by atoms with E-state index in [1.54, 1.807) is 0 Å². The highest BCUT2D eigenvalue weighted by atomic mass is 19.4. The van der Waals surface area contributed by atoms with E-state index in [-0.39, 0.29) is 13.7 Å². The maximum atomic E-state index is 14.0. The zero-order chi connectivity index (χ0) is 20.3. The quantitative estimate of drug-likeness (QED) is 0.422. The highest BCUT2D eigenvalue weighted by molar-refractivity contribution is 5.06. The highest BCUT2D eigenvalue weighted by Crippen LogP contribution is 2.54. The minimum Gasteiger partial charge on any atom is -0.398 e. The van der Waals surface area contributed by atoms with E-state index < -0.39 is 48.7 Å². The molecule has 0 aliphatic heterocycles. The van der Waals surface area contributed by atoms with Gasteiger partial charge in [-0.1, -0.05) is 0 Å². The second-order valence-electron chi connectivity index (χ2n) is 5.16. The normalized spacial score (nSPS) is 15.9. The van der Waals surface area contributed by atoms with E-state index in [1.165, 1.54) is 19.0 Å². The minimum absolute atomic E-state index is 0.0923. The fraction of sp³-hybridized carbons (Fsp3) is 0.833. The summed E-state index contributed by atoms with van der Waals surface area (Å²) in [5.41, 5.74) is -4.80. The first kappa shape index (κ1) is 23.8. The van der Waals surface area contributed by atoms with Crippen LogP contribution in [-0.4, -0.2) is 56.5 Å². The van der Waals surface area contributed by atoms with Crippen molar-refractivity contribution in [2.75, 3.05) is 27.7 Å². The number of methoxy groups -OCH3 is 1. The summed E-state index contributed by atoms with van der Waals surface area (Å²) < 4.78 is 137. The number of halogens is 10. The summed E-state index contributed by atoms with van der Waals surface area (Å²) in [6, 6.07) is -3.43. The molecule has 1 unspecified atom stereocenters. The van der Waals surface area contributed by atoms with Crippen molar-refractivity contribution in [3.63, 3.8) is 0 Å². The van der Waals surface area contributed by atoms with E-state index in [2.05, 4.69) is 9.47 Å². The van der Waals surface area contributed by atoms with Gasteiger partial charge in [0, 0.05) is 7.11 Å². The molecule has 0 spiro atoms. The molecule has 0 radical (unpaired) electrons. The predicted octanol–water partition coefficient (Wildman–Crippen LogP) is 4.56. The molecular formula is C12H15F10NO2. The fourth-order valence-corrected chi connectivity index (χ4v) is 1.92.